The van der Waals surface area contributed by atoms with Crippen LogP contribution in [0.25, 0.3) is 10.2 Å². The standard InChI is InChI=1S/C22H27ClN4S/c1-3-4-5-6-7-8-13-24-18-10-12-19(16(2)14-18)26-27-22-25-20-11-9-17(23)15-21(20)28-22/h9-12,14-15,24H,3-8,13H2,1-2H3/b27-26+. The smallest absolute Gasteiger partial charge is 0.231 e. The predicted octanol–water partition coefficient (Wildman–Crippen LogP) is 8.45. The van der Waals surface area contributed by atoms with Crippen molar-refractivity contribution in [3.63, 3.8) is 0 Å². The molecule has 3 aromatic rings. The van der Waals surface area contributed by atoms with E-state index in [2.05, 4.69) is 46.5 Å². The van der Waals surface area contributed by atoms with Crippen molar-refractivity contribution in [2.45, 2.75) is 52.4 Å². The quantitative estimate of drug-likeness (QED) is 0.267. The van der Waals surface area contributed by atoms with Gasteiger partial charge in [0.05, 0.1) is 15.9 Å². The number of aromatic nitrogens is 1. The van der Waals surface area contributed by atoms with Gasteiger partial charge in [-0.1, -0.05) is 62.0 Å². The first kappa shape index (κ1) is 20.7. The lowest BCUT2D eigenvalue weighted by Gasteiger charge is -2.08. The number of anilines is 1. The molecule has 3 rings (SSSR count). The predicted molar refractivity (Wildman–Crippen MR) is 122 cm³/mol. The van der Waals surface area contributed by atoms with E-state index >= 15 is 0 Å². The summed E-state index contributed by atoms with van der Waals surface area (Å²) in [4.78, 5) is 4.48. The van der Waals surface area contributed by atoms with E-state index < -0.39 is 0 Å². The third kappa shape index (κ3) is 6.01. The van der Waals surface area contributed by atoms with E-state index in [1.54, 1.807) is 0 Å². The largest absolute Gasteiger partial charge is 0.385 e. The number of rotatable bonds is 10. The van der Waals surface area contributed by atoms with Gasteiger partial charge < -0.3 is 5.32 Å². The minimum atomic E-state index is 0.641. The SMILES string of the molecule is CCCCCCCCNc1ccc(/N=N/c2nc3ccc(Cl)cc3s2)c(C)c1. The maximum absolute atomic E-state index is 6.03. The molecule has 28 heavy (non-hydrogen) atoms. The van der Waals surface area contributed by atoms with Crippen LogP contribution < -0.4 is 5.32 Å². The maximum atomic E-state index is 6.03. The molecule has 0 saturated heterocycles. The third-order valence-corrected chi connectivity index (χ3v) is 5.78. The molecule has 1 aromatic heterocycles. The Labute approximate surface area is 176 Å². The van der Waals surface area contributed by atoms with E-state index in [4.69, 9.17) is 11.6 Å². The van der Waals surface area contributed by atoms with Crippen LogP contribution in [0, 0.1) is 6.92 Å². The van der Waals surface area contributed by atoms with Crippen LogP contribution in [0.5, 0.6) is 0 Å². The van der Waals surface area contributed by atoms with Crippen LogP contribution in [0.15, 0.2) is 46.6 Å². The number of thiazole rings is 1. The van der Waals surface area contributed by atoms with Crippen LogP contribution in [0.4, 0.5) is 16.5 Å². The highest BCUT2D eigenvalue weighted by Crippen LogP contribution is 2.32. The van der Waals surface area contributed by atoms with E-state index in [0.29, 0.717) is 10.2 Å². The van der Waals surface area contributed by atoms with Gasteiger partial charge in [-0.25, -0.2) is 4.98 Å². The molecule has 2 aromatic carbocycles. The van der Waals surface area contributed by atoms with Gasteiger partial charge in [-0.3, -0.25) is 0 Å². The molecule has 6 heteroatoms. The number of nitrogens with one attached hydrogen (secondary N) is 1. The Morgan fingerprint density at radius 2 is 1.82 bits per heavy atom. The van der Waals surface area contributed by atoms with Crippen molar-refractivity contribution >= 4 is 49.7 Å². The molecule has 0 amide bonds. The minimum Gasteiger partial charge on any atom is -0.385 e. The van der Waals surface area contributed by atoms with Crippen LogP contribution >= 0.6 is 22.9 Å². The fourth-order valence-electron chi connectivity index (χ4n) is 3.04. The van der Waals surface area contributed by atoms with Gasteiger partial charge in [-0.15, -0.1) is 10.2 Å². The average molecular weight is 415 g/mol. The molecule has 0 aliphatic heterocycles. The number of benzene rings is 2. The summed E-state index contributed by atoms with van der Waals surface area (Å²) in [5.41, 5.74) is 4.00. The van der Waals surface area contributed by atoms with Gasteiger partial charge in [0, 0.05) is 17.3 Å². The zero-order valence-electron chi connectivity index (χ0n) is 16.5. The molecule has 0 atom stereocenters. The van der Waals surface area contributed by atoms with E-state index in [0.717, 1.165) is 33.7 Å². The number of aryl methyl sites for hydroxylation is 1. The minimum absolute atomic E-state index is 0.641. The van der Waals surface area contributed by atoms with Crippen molar-refractivity contribution < 1.29 is 0 Å². The molecule has 0 bridgehead atoms. The fraction of sp³-hybridized carbons (Fsp3) is 0.409. The monoisotopic (exact) mass is 414 g/mol. The molecule has 0 radical (unpaired) electrons. The molecule has 148 valence electrons. The summed E-state index contributed by atoms with van der Waals surface area (Å²) in [6.07, 6.45) is 7.86. The molecular weight excluding hydrogens is 388 g/mol. The molecular formula is C22H27ClN4S. The lowest BCUT2D eigenvalue weighted by molar-refractivity contribution is 0.617. The summed E-state index contributed by atoms with van der Waals surface area (Å²) < 4.78 is 1.02. The van der Waals surface area contributed by atoms with Crippen molar-refractivity contribution in [1.82, 2.24) is 4.98 Å². The molecule has 4 nitrogen and oxygen atoms in total. The van der Waals surface area contributed by atoms with Crippen LogP contribution in [0.2, 0.25) is 5.02 Å². The van der Waals surface area contributed by atoms with E-state index in [-0.39, 0.29) is 0 Å². The highest BCUT2D eigenvalue weighted by molar-refractivity contribution is 7.21. The first-order valence-corrected chi connectivity index (χ1v) is 11.2. The number of hydrogen-bond donors (Lipinski definition) is 1. The van der Waals surface area contributed by atoms with E-state index in [9.17, 15) is 0 Å². The van der Waals surface area contributed by atoms with Crippen LogP contribution in [0.3, 0.4) is 0 Å². The Kier molecular flexibility index (Phi) is 7.80. The summed E-state index contributed by atoms with van der Waals surface area (Å²) in [6, 6.07) is 11.9. The van der Waals surface area contributed by atoms with Gasteiger partial charge in [0.1, 0.15) is 0 Å². The summed E-state index contributed by atoms with van der Waals surface area (Å²) in [7, 11) is 0. The number of hydrogen-bond acceptors (Lipinski definition) is 5. The topological polar surface area (TPSA) is 49.6 Å². The number of unbranched alkanes of at least 4 members (excludes halogenated alkanes) is 5. The van der Waals surface area contributed by atoms with Crippen LogP contribution in [-0.4, -0.2) is 11.5 Å². The first-order chi connectivity index (χ1) is 13.7. The Balaban J connectivity index is 1.54. The zero-order valence-corrected chi connectivity index (χ0v) is 18.1. The Hall–Kier alpha value is -1.98. The number of halogens is 1. The first-order valence-electron chi connectivity index (χ1n) is 9.98. The summed E-state index contributed by atoms with van der Waals surface area (Å²) in [5, 5.41) is 13.6. The summed E-state index contributed by atoms with van der Waals surface area (Å²) >= 11 is 7.52. The number of nitrogens with zero attached hydrogens (tertiary/aromatic N) is 3. The van der Waals surface area contributed by atoms with Crippen molar-refractivity contribution in [1.29, 1.82) is 0 Å². The molecule has 0 saturated carbocycles. The summed E-state index contributed by atoms with van der Waals surface area (Å²) in [5.74, 6) is 0. The van der Waals surface area contributed by atoms with Crippen LogP contribution in [0.1, 0.15) is 51.0 Å². The van der Waals surface area contributed by atoms with E-state index in [1.807, 2.05) is 24.3 Å². The molecule has 0 spiro atoms. The van der Waals surface area contributed by atoms with Gasteiger partial charge in [-0.05, 0) is 55.3 Å². The summed E-state index contributed by atoms with van der Waals surface area (Å²) in [6.45, 7) is 5.32. The molecule has 0 fully saturated rings. The molecule has 0 aliphatic rings. The Morgan fingerprint density at radius 1 is 1.00 bits per heavy atom. The molecule has 1 N–H and O–H groups in total. The maximum Gasteiger partial charge on any atom is 0.231 e. The highest BCUT2D eigenvalue weighted by Gasteiger charge is 2.04. The highest BCUT2D eigenvalue weighted by atomic mass is 35.5. The van der Waals surface area contributed by atoms with Gasteiger partial charge in [0.25, 0.3) is 0 Å². The lowest BCUT2D eigenvalue weighted by atomic mass is 10.1. The van der Waals surface area contributed by atoms with Crippen molar-refractivity contribution in [2.24, 2.45) is 10.2 Å². The second kappa shape index (κ2) is 10.5. The molecule has 0 unspecified atom stereocenters. The average Bonchev–Trinajstić information content (AvgIpc) is 3.08. The van der Waals surface area contributed by atoms with Gasteiger partial charge in [0.15, 0.2) is 0 Å². The number of azo groups is 1. The lowest BCUT2D eigenvalue weighted by Crippen LogP contribution is -2.01. The van der Waals surface area contributed by atoms with Crippen LogP contribution in [-0.2, 0) is 0 Å². The molecule has 1 heterocycles. The second-order valence-corrected chi connectivity index (χ2v) is 8.45. The Morgan fingerprint density at radius 3 is 2.64 bits per heavy atom. The number of fused-ring (bicyclic) bond motifs is 1. The zero-order chi connectivity index (χ0) is 19.8. The van der Waals surface area contributed by atoms with E-state index in [1.165, 1.54) is 49.9 Å². The van der Waals surface area contributed by atoms with Crippen molar-refractivity contribution in [3.8, 4) is 0 Å². The second-order valence-electron chi connectivity index (χ2n) is 7.00. The van der Waals surface area contributed by atoms with Gasteiger partial charge in [0.2, 0.25) is 5.13 Å². The van der Waals surface area contributed by atoms with Crippen molar-refractivity contribution in [2.75, 3.05) is 11.9 Å². The van der Waals surface area contributed by atoms with Crippen molar-refractivity contribution in [3.05, 3.63) is 47.0 Å². The van der Waals surface area contributed by atoms with Gasteiger partial charge >= 0.3 is 0 Å². The van der Waals surface area contributed by atoms with Gasteiger partial charge in [-0.2, -0.15) is 0 Å². The third-order valence-electron chi connectivity index (χ3n) is 4.64. The Bertz CT molecular complexity index is 935. The molecule has 0 aliphatic carbocycles. The normalized spacial score (nSPS) is 11.5. The fourth-order valence-corrected chi connectivity index (χ4v) is 4.10.